The second-order valence-electron chi connectivity index (χ2n) is 5.88. The minimum atomic E-state index is -3.62. The van der Waals surface area contributed by atoms with Crippen LogP contribution in [0.5, 0.6) is 0 Å². The Morgan fingerprint density at radius 1 is 1.11 bits per heavy atom. The van der Waals surface area contributed by atoms with E-state index in [1.165, 1.54) is 13.1 Å². The van der Waals surface area contributed by atoms with E-state index in [0.29, 0.717) is 16.8 Å². The predicted molar refractivity (Wildman–Crippen MR) is 103 cm³/mol. The van der Waals surface area contributed by atoms with Crippen LogP contribution in [0.25, 0.3) is 0 Å². The molecule has 144 valence electrons. The summed E-state index contributed by atoms with van der Waals surface area (Å²) in [6.07, 6.45) is 1.04. The minimum absolute atomic E-state index is 0.241. The van der Waals surface area contributed by atoms with Crippen LogP contribution in [0.15, 0.2) is 54.6 Å². The summed E-state index contributed by atoms with van der Waals surface area (Å²) in [6, 6.07) is 13.8. The molecule has 2 aromatic rings. The van der Waals surface area contributed by atoms with Gasteiger partial charge in [-0.2, -0.15) is 4.31 Å². The van der Waals surface area contributed by atoms with Crippen LogP contribution in [-0.2, 0) is 19.6 Å². The van der Waals surface area contributed by atoms with Crippen molar-refractivity contribution in [2.75, 3.05) is 25.2 Å². The minimum Gasteiger partial charge on any atom is -0.462 e. The molecule has 0 bridgehead atoms. The Balaban J connectivity index is 2.32. The van der Waals surface area contributed by atoms with Gasteiger partial charge in [-0.15, -0.1) is 0 Å². The number of anilines is 1. The lowest BCUT2D eigenvalue weighted by atomic mass is 10.1. The Labute approximate surface area is 159 Å². The molecule has 0 spiro atoms. The summed E-state index contributed by atoms with van der Waals surface area (Å²) >= 11 is 0. The third-order valence-electron chi connectivity index (χ3n) is 3.89. The molecule has 0 fully saturated rings. The van der Waals surface area contributed by atoms with Gasteiger partial charge in [0.2, 0.25) is 15.9 Å². The van der Waals surface area contributed by atoms with Crippen LogP contribution < -0.4 is 5.32 Å². The largest absolute Gasteiger partial charge is 0.462 e. The van der Waals surface area contributed by atoms with Gasteiger partial charge in [0.05, 0.1) is 18.4 Å². The van der Waals surface area contributed by atoms with E-state index >= 15 is 0 Å². The first-order chi connectivity index (χ1) is 12.7. The molecular formula is C19H22N2O5S. The average Bonchev–Trinajstić information content (AvgIpc) is 2.62. The highest BCUT2D eigenvalue weighted by Crippen LogP contribution is 2.24. The van der Waals surface area contributed by atoms with Crippen LogP contribution in [0.3, 0.4) is 0 Å². The lowest BCUT2D eigenvalue weighted by molar-refractivity contribution is -0.119. The Morgan fingerprint density at radius 2 is 1.78 bits per heavy atom. The van der Waals surface area contributed by atoms with Gasteiger partial charge in [-0.25, -0.2) is 13.2 Å². The van der Waals surface area contributed by atoms with Gasteiger partial charge in [0.15, 0.2) is 0 Å². The van der Waals surface area contributed by atoms with E-state index in [9.17, 15) is 18.0 Å². The first-order valence-corrected chi connectivity index (χ1v) is 10.1. The molecule has 1 atom stereocenters. The Kier molecular flexibility index (Phi) is 6.70. The number of esters is 1. The Bertz CT molecular complexity index is 913. The van der Waals surface area contributed by atoms with Crippen molar-refractivity contribution in [3.05, 3.63) is 65.7 Å². The lowest BCUT2D eigenvalue weighted by Gasteiger charge is -2.25. The summed E-state index contributed by atoms with van der Waals surface area (Å²) in [5.41, 5.74) is 1.19. The number of ether oxygens (including phenoxy) is 1. The smallest absolute Gasteiger partial charge is 0.338 e. The maximum atomic E-state index is 12.9. The molecule has 2 aromatic carbocycles. The molecule has 1 amide bonds. The highest BCUT2D eigenvalue weighted by atomic mass is 32.2. The molecule has 0 aliphatic carbocycles. The van der Waals surface area contributed by atoms with Crippen molar-refractivity contribution < 1.29 is 22.7 Å². The maximum Gasteiger partial charge on any atom is 0.338 e. The van der Waals surface area contributed by atoms with Gasteiger partial charge in [-0.05, 0) is 30.7 Å². The number of nitrogens with zero attached hydrogens (tertiary/aromatic N) is 1. The molecule has 0 aliphatic heterocycles. The molecule has 2 rings (SSSR count). The van der Waals surface area contributed by atoms with Gasteiger partial charge in [-0.3, -0.25) is 4.79 Å². The number of sulfonamides is 1. The molecule has 0 aromatic heterocycles. The third kappa shape index (κ3) is 5.38. The number of hydrogen-bond donors (Lipinski definition) is 1. The molecule has 0 saturated heterocycles. The van der Waals surface area contributed by atoms with E-state index in [0.717, 1.165) is 10.6 Å². The number of likely N-dealkylation sites (N-methyl/N-ethyl adjacent to an activating group) is 1. The van der Waals surface area contributed by atoms with Crippen LogP contribution >= 0.6 is 0 Å². The van der Waals surface area contributed by atoms with Gasteiger partial charge in [0.25, 0.3) is 0 Å². The predicted octanol–water partition coefficient (Wildman–Crippen LogP) is 2.43. The van der Waals surface area contributed by atoms with Gasteiger partial charge < -0.3 is 10.1 Å². The van der Waals surface area contributed by atoms with E-state index < -0.39 is 27.9 Å². The normalized spacial score (nSPS) is 12.4. The molecule has 8 heteroatoms. The van der Waals surface area contributed by atoms with Crippen LogP contribution in [0.2, 0.25) is 0 Å². The molecule has 0 radical (unpaired) electrons. The fraction of sp³-hybridized carbons (Fsp3) is 0.263. The van der Waals surface area contributed by atoms with Crippen molar-refractivity contribution in [1.29, 1.82) is 0 Å². The number of rotatable bonds is 7. The lowest BCUT2D eigenvalue weighted by Crippen LogP contribution is -2.38. The zero-order valence-electron chi connectivity index (χ0n) is 15.4. The van der Waals surface area contributed by atoms with Gasteiger partial charge in [-0.1, -0.05) is 36.4 Å². The summed E-state index contributed by atoms with van der Waals surface area (Å²) in [7, 11) is -2.27. The summed E-state index contributed by atoms with van der Waals surface area (Å²) in [5, 5.41) is 2.68. The average molecular weight is 390 g/mol. The molecule has 0 aliphatic rings. The molecule has 1 N–H and O–H groups in total. The van der Waals surface area contributed by atoms with E-state index in [1.54, 1.807) is 55.5 Å². The topological polar surface area (TPSA) is 92.8 Å². The van der Waals surface area contributed by atoms with Crippen molar-refractivity contribution in [3.8, 4) is 0 Å². The molecule has 0 heterocycles. The number of hydrogen-bond acceptors (Lipinski definition) is 5. The highest BCUT2D eigenvalue weighted by molar-refractivity contribution is 7.88. The van der Waals surface area contributed by atoms with Crippen molar-refractivity contribution in [1.82, 2.24) is 4.31 Å². The SMILES string of the molecule is CCOC(=O)c1cccc(NC(=O)[C@@H](c2ccccc2)N(C)S(C)(=O)=O)c1. The summed E-state index contributed by atoms with van der Waals surface area (Å²) in [6.45, 7) is 1.94. The van der Waals surface area contributed by atoms with Crippen LogP contribution in [0.4, 0.5) is 5.69 Å². The Morgan fingerprint density at radius 3 is 2.37 bits per heavy atom. The molecule has 7 nitrogen and oxygen atoms in total. The number of carbonyl (C=O) groups is 2. The van der Waals surface area contributed by atoms with E-state index in [2.05, 4.69) is 5.32 Å². The number of benzene rings is 2. The quantitative estimate of drug-likeness (QED) is 0.733. The first-order valence-electron chi connectivity index (χ1n) is 8.30. The van der Waals surface area contributed by atoms with Gasteiger partial charge in [0.1, 0.15) is 6.04 Å². The molecule has 0 saturated carbocycles. The summed E-state index contributed by atoms with van der Waals surface area (Å²) in [5.74, 6) is -1.03. The van der Waals surface area contributed by atoms with Crippen LogP contribution in [0, 0.1) is 0 Å². The maximum absolute atomic E-state index is 12.9. The second kappa shape index (κ2) is 8.79. The third-order valence-corrected chi connectivity index (χ3v) is 5.15. The van der Waals surface area contributed by atoms with Crippen molar-refractivity contribution in [2.24, 2.45) is 0 Å². The zero-order chi connectivity index (χ0) is 20.0. The van der Waals surface area contributed by atoms with Crippen LogP contribution in [-0.4, -0.2) is 44.5 Å². The fourth-order valence-electron chi connectivity index (χ4n) is 2.50. The van der Waals surface area contributed by atoms with Gasteiger partial charge >= 0.3 is 5.97 Å². The molecule has 27 heavy (non-hydrogen) atoms. The van der Waals surface area contributed by atoms with Crippen molar-refractivity contribution in [2.45, 2.75) is 13.0 Å². The number of amides is 1. The number of nitrogens with one attached hydrogen (secondary N) is 1. The monoisotopic (exact) mass is 390 g/mol. The number of carbonyl (C=O) groups excluding carboxylic acids is 2. The highest BCUT2D eigenvalue weighted by Gasteiger charge is 2.30. The van der Waals surface area contributed by atoms with Crippen molar-refractivity contribution >= 4 is 27.6 Å². The summed E-state index contributed by atoms with van der Waals surface area (Å²) < 4.78 is 30.0. The van der Waals surface area contributed by atoms with E-state index in [4.69, 9.17) is 4.74 Å². The fourth-order valence-corrected chi connectivity index (χ4v) is 3.10. The molecule has 0 unspecified atom stereocenters. The van der Waals surface area contributed by atoms with Gasteiger partial charge in [0, 0.05) is 12.7 Å². The zero-order valence-corrected chi connectivity index (χ0v) is 16.2. The molecular weight excluding hydrogens is 368 g/mol. The van der Waals surface area contributed by atoms with Crippen LogP contribution in [0.1, 0.15) is 28.9 Å². The summed E-state index contributed by atoms with van der Waals surface area (Å²) in [4.78, 5) is 24.7. The standard InChI is InChI=1S/C19H22N2O5S/c1-4-26-19(23)15-11-8-12-16(13-15)20-18(22)17(21(2)27(3,24)25)14-9-6-5-7-10-14/h5-13,17H,4H2,1-3H3,(H,20,22)/t17-/m1/s1. The first kappa shape index (κ1) is 20.6. The van der Waals surface area contributed by atoms with E-state index in [-0.39, 0.29) is 6.61 Å². The second-order valence-corrected chi connectivity index (χ2v) is 7.92. The Hall–Kier alpha value is -2.71. The van der Waals surface area contributed by atoms with E-state index in [1.807, 2.05) is 0 Å². The van der Waals surface area contributed by atoms with Crippen molar-refractivity contribution in [3.63, 3.8) is 0 Å².